The Labute approximate surface area is 88.4 Å². The summed E-state index contributed by atoms with van der Waals surface area (Å²) in [6, 6.07) is 5.04. The van der Waals surface area contributed by atoms with E-state index in [1.807, 2.05) is 13.0 Å². The van der Waals surface area contributed by atoms with Crippen LogP contribution in [0.3, 0.4) is 0 Å². The summed E-state index contributed by atoms with van der Waals surface area (Å²) in [5.41, 5.74) is 1.23. The van der Waals surface area contributed by atoms with Crippen LogP contribution >= 0.6 is 15.9 Å². The molecular formula is C9H8BrF2NO. The van der Waals surface area contributed by atoms with Gasteiger partial charge in [0.25, 0.3) is 5.91 Å². The quantitative estimate of drug-likeness (QED) is 0.874. The third-order valence-corrected chi connectivity index (χ3v) is 2.70. The molecule has 1 aromatic rings. The Balaban J connectivity index is 2.87. The molecule has 0 aliphatic heterocycles. The molecule has 5 heteroatoms. The smallest absolute Gasteiger partial charge is 0.315 e. The van der Waals surface area contributed by atoms with Gasteiger partial charge in [-0.05, 0) is 34.5 Å². The van der Waals surface area contributed by atoms with Gasteiger partial charge >= 0.3 is 6.43 Å². The maximum atomic E-state index is 11.9. The van der Waals surface area contributed by atoms with E-state index >= 15 is 0 Å². The average molecular weight is 264 g/mol. The van der Waals surface area contributed by atoms with Crippen molar-refractivity contribution in [2.24, 2.45) is 0 Å². The number of alkyl halides is 2. The molecule has 0 unspecified atom stereocenters. The van der Waals surface area contributed by atoms with Crippen molar-refractivity contribution in [2.75, 3.05) is 5.32 Å². The van der Waals surface area contributed by atoms with Gasteiger partial charge < -0.3 is 5.32 Å². The predicted molar refractivity (Wildman–Crippen MR) is 53.5 cm³/mol. The molecule has 0 fully saturated rings. The Bertz CT molecular complexity index is 355. The molecule has 0 aliphatic rings. The third kappa shape index (κ3) is 2.51. The minimum Gasteiger partial charge on any atom is -0.320 e. The summed E-state index contributed by atoms with van der Waals surface area (Å²) in [4.78, 5) is 10.7. The molecular weight excluding hydrogens is 256 g/mol. The molecule has 1 aromatic carbocycles. The summed E-state index contributed by atoms with van der Waals surface area (Å²) in [5, 5.41) is 2.11. The van der Waals surface area contributed by atoms with Gasteiger partial charge in [-0.1, -0.05) is 12.1 Å². The fraction of sp³-hybridized carbons (Fsp3) is 0.222. The Morgan fingerprint density at radius 1 is 1.50 bits per heavy atom. The summed E-state index contributed by atoms with van der Waals surface area (Å²) in [7, 11) is 0. The van der Waals surface area contributed by atoms with Crippen molar-refractivity contribution < 1.29 is 13.6 Å². The van der Waals surface area contributed by atoms with Crippen LogP contribution in [0, 0.1) is 6.92 Å². The van der Waals surface area contributed by atoms with E-state index in [0.717, 1.165) is 5.56 Å². The summed E-state index contributed by atoms with van der Waals surface area (Å²) in [5.74, 6) is -1.30. The van der Waals surface area contributed by atoms with Gasteiger partial charge in [-0.25, -0.2) is 0 Å². The molecule has 2 nitrogen and oxygen atoms in total. The van der Waals surface area contributed by atoms with E-state index in [1.165, 1.54) is 0 Å². The summed E-state index contributed by atoms with van der Waals surface area (Å²) >= 11 is 3.20. The summed E-state index contributed by atoms with van der Waals surface area (Å²) in [6.45, 7) is 1.81. The number of benzene rings is 1. The second-order valence-corrected chi connectivity index (χ2v) is 3.52. The molecule has 14 heavy (non-hydrogen) atoms. The minimum atomic E-state index is -3.00. The Kier molecular flexibility index (Phi) is 3.57. The number of nitrogens with one attached hydrogen (secondary N) is 1. The molecule has 0 heterocycles. The van der Waals surface area contributed by atoms with Crippen LogP contribution in [0.4, 0.5) is 14.5 Å². The van der Waals surface area contributed by atoms with E-state index in [0.29, 0.717) is 10.2 Å². The van der Waals surface area contributed by atoms with Crippen LogP contribution in [-0.2, 0) is 4.79 Å². The molecule has 0 saturated carbocycles. The predicted octanol–water partition coefficient (Wildman–Crippen LogP) is 2.96. The van der Waals surface area contributed by atoms with Gasteiger partial charge in [0.2, 0.25) is 0 Å². The van der Waals surface area contributed by atoms with Gasteiger partial charge in [-0.3, -0.25) is 4.79 Å². The standard InChI is InChI=1S/C9H8BrF2NO/c1-5-3-2-4-6(7(5)10)13-9(14)8(11)12/h2-4,8H,1H3,(H,13,14). The SMILES string of the molecule is Cc1cccc(NC(=O)C(F)F)c1Br. The van der Waals surface area contributed by atoms with Gasteiger partial charge in [0.1, 0.15) is 0 Å². The van der Waals surface area contributed by atoms with Gasteiger partial charge in [-0.15, -0.1) is 0 Å². The van der Waals surface area contributed by atoms with E-state index in [4.69, 9.17) is 0 Å². The zero-order valence-electron chi connectivity index (χ0n) is 7.35. The molecule has 0 radical (unpaired) electrons. The lowest BCUT2D eigenvalue weighted by molar-refractivity contribution is -0.126. The van der Waals surface area contributed by atoms with Crippen LogP contribution < -0.4 is 5.32 Å². The second kappa shape index (κ2) is 4.50. The molecule has 76 valence electrons. The highest BCUT2D eigenvalue weighted by molar-refractivity contribution is 9.10. The number of hydrogen-bond donors (Lipinski definition) is 1. The first-order valence-corrected chi connectivity index (χ1v) is 4.66. The Hall–Kier alpha value is -0.970. The van der Waals surface area contributed by atoms with Crippen molar-refractivity contribution in [2.45, 2.75) is 13.3 Å². The lowest BCUT2D eigenvalue weighted by Crippen LogP contribution is -2.20. The maximum absolute atomic E-state index is 11.9. The van der Waals surface area contributed by atoms with Gasteiger partial charge in [0.15, 0.2) is 0 Å². The number of halogens is 3. The van der Waals surface area contributed by atoms with E-state index in [9.17, 15) is 13.6 Å². The monoisotopic (exact) mass is 263 g/mol. The molecule has 0 aromatic heterocycles. The van der Waals surface area contributed by atoms with Crippen molar-refractivity contribution >= 4 is 27.5 Å². The number of anilines is 1. The highest BCUT2D eigenvalue weighted by atomic mass is 79.9. The van der Waals surface area contributed by atoms with Crippen LogP contribution in [0.5, 0.6) is 0 Å². The van der Waals surface area contributed by atoms with Crippen molar-refractivity contribution in [1.29, 1.82) is 0 Å². The number of amides is 1. The number of hydrogen-bond acceptors (Lipinski definition) is 1. The van der Waals surface area contributed by atoms with Crippen LogP contribution in [0.15, 0.2) is 22.7 Å². The van der Waals surface area contributed by atoms with Crippen molar-refractivity contribution in [3.05, 3.63) is 28.2 Å². The molecule has 0 atom stereocenters. The van der Waals surface area contributed by atoms with Gasteiger partial charge in [0.05, 0.1) is 5.69 Å². The topological polar surface area (TPSA) is 29.1 Å². The van der Waals surface area contributed by atoms with E-state index < -0.39 is 12.3 Å². The van der Waals surface area contributed by atoms with Crippen LogP contribution in [0.1, 0.15) is 5.56 Å². The lowest BCUT2D eigenvalue weighted by Gasteiger charge is -2.08. The first-order valence-electron chi connectivity index (χ1n) is 3.86. The first-order chi connectivity index (χ1) is 6.52. The highest BCUT2D eigenvalue weighted by Gasteiger charge is 2.16. The minimum absolute atomic E-state index is 0.357. The van der Waals surface area contributed by atoms with Crippen LogP contribution in [0.25, 0.3) is 0 Å². The molecule has 0 spiro atoms. The molecule has 1 N–H and O–H groups in total. The third-order valence-electron chi connectivity index (χ3n) is 1.65. The highest BCUT2D eigenvalue weighted by Crippen LogP contribution is 2.25. The van der Waals surface area contributed by atoms with Gasteiger partial charge in [0, 0.05) is 4.47 Å². The molecule has 0 saturated heterocycles. The Morgan fingerprint density at radius 2 is 2.14 bits per heavy atom. The normalized spacial score (nSPS) is 10.4. The Morgan fingerprint density at radius 3 is 2.71 bits per heavy atom. The van der Waals surface area contributed by atoms with E-state index in [1.54, 1.807) is 12.1 Å². The van der Waals surface area contributed by atoms with E-state index in [-0.39, 0.29) is 0 Å². The van der Waals surface area contributed by atoms with Crippen LogP contribution in [-0.4, -0.2) is 12.3 Å². The zero-order valence-corrected chi connectivity index (χ0v) is 8.94. The summed E-state index contributed by atoms with van der Waals surface area (Å²) < 4.78 is 24.5. The largest absolute Gasteiger partial charge is 0.320 e. The van der Waals surface area contributed by atoms with Crippen molar-refractivity contribution in [3.63, 3.8) is 0 Å². The second-order valence-electron chi connectivity index (χ2n) is 2.73. The van der Waals surface area contributed by atoms with Gasteiger partial charge in [-0.2, -0.15) is 8.78 Å². The van der Waals surface area contributed by atoms with Crippen molar-refractivity contribution in [3.8, 4) is 0 Å². The number of rotatable bonds is 2. The number of carbonyl (C=O) groups is 1. The number of carbonyl (C=O) groups excluding carboxylic acids is 1. The fourth-order valence-corrected chi connectivity index (χ4v) is 1.29. The zero-order chi connectivity index (χ0) is 10.7. The fourth-order valence-electron chi connectivity index (χ4n) is 0.931. The molecule has 1 amide bonds. The van der Waals surface area contributed by atoms with E-state index in [2.05, 4.69) is 21.2 Å². The van der Waals surface area contributed by atoms with Crippen molar-refractivity contribution in [1.82, 2.24) is 0 Å². The molecule has 0 bridgehead atoms. The summed E-state index contributed by atoms with van der Waals surface area (Å²) in [6.07, 6.45) is -3.00. The first kappa shape index (κ1) is 11.1. The molecule has 1 rings (SSSR count). The number of aryl methyl sites for hydroxylation is 1. The molecule has 0 aliphatic carbocycles. The lowest BCUT2D eigenvalue weighted by atomic mass is 10.2. The average Bonchev–Trinajstić information content (AvgIpc) is 2.12. The van der Waals surface area contributed by atoms with Crippen LogP contribution in [0.2, 0.25) is 0 Å². The maximum Gasteiger partial charge on any atom is 0.315 e.